The number of amides is 1. The van der Waals surface area contributed by atoms with Crippen LogP contribution in [0.1, 0.15) is 12.8 Å². The van der Waals surface area contributed by atoms with Crippen LogP contribution in [0.3, 0.4) is 0 Å². The first kappa shape index (κ1) is 23.4. The Kier molecular flexibility index (Phi) is 7.42. The molecule has 0 aliphatic carbocycles. The third-order valence-corrected chi connectivity index (χ3v) is 6.68. The summed E-state index contributed by atoms with van der Waals surface area (Å²) in [5.74, 6) is 0.607. The van der Waals surface area contributed by atoms with E-state index < -0.39 is 11.6 Å². The van der Waals surface area contributed by atoms with E-state index in [1.165, 1.54) is 6.07 Å². The molecule has 9 heteroatoms. The van der Waals surface area contributed by atoms with Crippen molar-refractivity contribution >= 4 is 45.8 Å². The highest BCUT2D eigenvalue weighted by molar-refractivity contribution is 6.43. The van der Waals surface area contributed by atoms with E-state index in [1.807, 2.05) is 24.3 Å². The molecule has 1 aliphatic rings. The van der Waals surface area contributed by atoms with Crippen molar-refractivity contribution in [3.05, 3.63) is 68.9 Å². The Labute approximate surface area is 202 Å². The third-order valence-electron chi connectivity index (χ3n) is 5.87. The average Bonchev–Trinajstić information content (AvgIpc) is 2.80. The Morgan fingerprint density at radius 3 is 2.52 bits per heavy atom. The fraction of sp³-hybridized carbons (Fsp3) is 0.333. The summed E-state index contributed by atoms with van der Waals surface area (Å²) in [4.78, 5) is 28.3. The predicted molar refractivity (Wildman–Crippen MR) is 133 cm³/mol. The molecular weight excluding hydrogens is 463 g/mol. The highest BCUT2D eigenvalue weighted by Crippen LogP contribution is 2.32. The normalized spacial score (nSPS) is 14.5. The number of piperazine rings is 1. The number of halogens is 2. The minimum Gasteiger partial charge on any atom is -0.494 e. The number of aromatic nitrogens is 1. The number of primary amides is 1. The lowest BCUT2D eigenvalue weighted by Crippen LogP contribution is -2.46. The van der Waals surface area contributed by atoms with Crippen LogP contribution in [0.15, 0.2) is 53.3 Å². The second-order valence-corrected chi connectivity index (χ2v) is 8.81. The van der Waals surface area contributed by atoms with Gasteiger partial charge in [-0.15, -0.1) is 0 Å². The molecule has 33 heavy (non-hydrogen) atoms. The van der Waals surface area contributed by atoms with Crippen molar-refractivity contribution in [2.45, 2.75) is 12.8 Å². The van der Waals surface area contributed by atoms with Gasteiger partial charge in [0, 0.05) is 38.3 Å². The van der Waals surface area contributed by atoms with Gasteiger partial charge in [0.15, 0.2) is 0 Å². The summed E-state index contributed by atoms with van der Waals surface area (Å²) in [6, 6.07) is 13.3. The van der Waals surface area contributed by atoms with Crippen LogP contribution in [0, 0.1) is 0 Å². The summed E-state index contributed by atoms with van der Waals surface area (Å²) in [6.45, 7) is 5.32. The second kappa shape index (κ2) is 10.5. The summed E-state index contributed by atoms with van der Waals surface area (Å²) in [5, 5.41) is 1.95. The zero-order chi connectivity index (χ0) is 23.4. The van der Waals surface area contributed by atoms with E-state index in [1.54, 1.807) is 18.2 Å². The van der Waals surface area contributed by atoms with Gasteiger partial charge in [-0.05, 0) is 55.1 Å². The molecule has 174 valence electrons. The highest BCUT2D eigenvalue weighted by Gasteiger charge is 2.19. The third kappa shape index (κ3) is 5.43. The molecule has 2 heterocycles. The lowest BCUT2D eigenvalue weighted by molar-refractivity contribution is 0.238. The van der Waals surface area contributed by atoms with Gasteiger partial charge in [0.05, 0.1) is 27.9 Å². The van der Waals surface area contributed by atoms with E-state index in [-0.39, 0.29) is 0 Å². The van der Waals surface area contributed by atoms with Crippen molar-refractivity contribution in [1.29, 1.82) is 0 Å². The molecule has 0 saturated carbocycles. The number of fused-ring (bicyclic) bond motifs is 1. The maximum atomic E-state index is 12.0. The predicted octanol–water partition coefficient (Wildman–Crippen LogP) is 4.22. The SMILES string of the molecule is NC(=O)n1c(=O)ccc2ccc(OCCCCN3CCN(c4cccc(Cl)c4Cl)CC3)cc21. The summed E-state index contributed by atoms with van der Waals surface area (Å²) in [6.07, 6.45) is 1.91. The van der Waals surface area contributed by atoms with Gasteiger partial charge in [-0.1, -0.05) is 29.3 Å². The number of carbonyl (C=O) groups excluding carboxylic acids is 1. The molecular formula is C24H26Cl2N4O3. The number of nitrogens with two attached hydrogens (primary N) is 1. The molecule has 1 saturated heterocycles. The first-order valence-electron chi connectivity index (χ1n) is 10.9. The number of ether oxygens (including phenoxy) is 1. The van der Waals surface area contributed by atoms with Crippen LogP contribution >= 0.6 is 23.2 Å². The molecule has 2 N–H and O–H groups in total. The molecule has 1 amide bonds. The summed E-state index contributed by atoms with van der Waals surface area (Å²) in [5.41, 5.74) is 6.35. The second-order valence-electron chi connectivity index (χ2n) is 8.02. The number of pyridine rings is 1. The number of rotatable bonds is 7. The summed E-state index contributed by atoms with van der Waals surface area (Å²) < 4.78 is 6.81. The van der Waals surface area contributed by atoms with Gasteiger partial charge in [0.25, 0.3) is 5.56 Å². The zero-order valence-electron chi connectivity index (χ0n) is 18.2. The zero-order valence-corrected chi connectivity index (χ0v) is 19.7. The van der Waals surface area contributed by atoms with Gasteiger partial charge in [-0.3, -0.25) is 9.69 Å². The number of nitrogens with zero attached hydrogens (tertiary/aromatic N) is 3. The van der Waals surface area contributed by atoms with E-state index in [2.05, 4.69) is 9.80 Å². The fourth-order valence-electron chi connectivity index (χ4n) is 4.11. The van der Waals surface area contributed by atoms with Crippen LogP contribution in [-0.2, 0) is 0 Å². The van der Waals surface area contributed by atoms with E-state index in [9.17, 15) is 9.59 Å². The molecule has 4 rings (SSSR count). The molecule has 2 aromatic carbocycles. The largest absolute Gasteiger partial charge is 0.494 e. The van der Waals surface area contributed by atoms with Crippen molar-refractivity contribution in [2.24, 2.45) is 5.73 Å². The molecule has 0 atom stereocenters. The van der Waals surface area contributed by atoms with Crippen molar-refractivity contribution in [2.75, 3.05) is 44.2 Å². The lowest BCUT2D eigenvalue weighted by atomic mass is 10.2. The van der Waals surface area contributed by atoms with Crippen molar-refractivity contribution in [3.8, 4) is 5.75 Å². The average molecular weight is 489 g/mol. The highest BCUT2D eigenvalue weighted by atomic mass is 35.5. The quantitative estimate of drug-likeness (QED) is 0.503. The first-order valence-corrected chi connectivity index (χ1v) is 11.7. The van der Waals surface area contributed by atoms with Crippen molar-refractivity contribution in [1.82, 2.24) is 9.47 Å². The van der Waals surface area contributed by atoms with Crippen LogP contribution < -0.4 is 20.9 Å². The lowest BCUT2D eigenvalue weighted by Gasteiger charge is -2.36. The van der Waals surface area contributed by atoms with Gasteiger partial charge in [0.2, 0.25) is 0 Å². The van der Waals surface area contributed by atoms with E-state index in [0.29, 0.717) is 27.9 Å². The Morgan fingerprint density at radius 1 is 1.00 bits per heavy atom. The topological polar surface area (TPSA) is 80.8 Å². The fourth-order valence-corrected chi connectivity index (χ4v) is 4.52. The van der Waals surface area contributed by atoms with Crippen LogP contribution in [0.4, 0.5) is 10.5 Å². The van der Waals surface area contributed by atoms with Crippen LogP contribution in [0.25, 0.3) is 10.9 Å². The molecule has 1 fully saturated rings. The molecule has 0 spiro atoms. The molecule has 3 aromatic rings. The Morgan fingerprint density at radius 2 is 1.76 bits per heavy atom. The van der Waals surface area contributed by atoms with Gasteiger partial charge < -0.3 is 15.4 Å². The number of anilines is 1. The standard InChI is InChI=1S/C24H26Cl2N4O3/c25-19-4-3-5-20(23(19)26)29-13-11-28(12-14-29)10-1-2-15-33-18-8-6-17-7-9-22(31)30(24(27)32)21(17)16-18/h3-9,16H,1-2,10-15H2,(H2,27,32). The van der Waals surface area contributed by atoms with Crippen molar-refractivity contribution < 1.29 is 9.53 Å². The van der Waals surface area contributed by atoms with Gasteiger partial charge in [-0.25, -0.2) is 9.36 Å². The minimum absolute atomic E-state index is 0.449. The maximum absolute atomic E-state index is 12.0. The molecule has 7 nitrogen and oxygen atoms in total. The minimum atomic E-state index is -0.805. The number of benzene rings is 2. The molecule has 1 aromatic heterocycles. The number of hydrogen-bond donors (Lipinski definition) is 1. The van der Waals surface area contributed by atoms with Crippen LogP contribution in [0.5, 0.6) is 5.75 Å². The Balaban J connectivity index is 1.23. The van der Waals surface area contributed by atoms with Crippen LogP contribution in [-0.4, -0.2) is 54.8 Å². The summed E-state index contributed by atoms with van der Waals surface area (Å²) in [7, 11) is 0. The molecule has 1 aliphatic heterocycles. The molecule has 0 radical (unpaired) electrons. The van der Waals surface area contributed by atoms with E-state index >= 15 is 0 Å². The first-order chi connectivity index (χ1) is 15.9. The Bertz CT molecular complexity index is 1210. The number of hydrogen-bond acceptors (Lipinski definition) is 5. The summed E-state index contributed by atoms with van der Waals surface area (Å²) >= 11 is 12.5. The molecule has 0 bridgehead atoms. The van der Waals surface area contributed by atoms with Gasteiger partial charge in [0.1, 0.15) is 5.75 Å². The molecule has 0 unspecified atom stereocenters. The number of carbonyl (C=O) groups is 1. The van der Waals surface area contributed by atoms with E-state index in [0.717, 1.165) is 61.2 Å². The van der Waals surface area contributed by atoms with Crippen LogP contribution in [0.2, 0.25) is 10.0 Å². The number of unbranched alkanes of at least 4 members (excludes halogenated alkanes) is 1. The van der Waals surface area contributed by atoms with Crippen molar-refractivity contribution in [3.63, 3.8) is 0 Å². The van der Waals surface area contributed by atoms with Gasteiger partial charge >= 0.3 is 6.03 Å². The Hall–Kier alpha value is -2.74. The van der Waals surface area contributed by atoms with E-state index in [4.69, 9.17) is 33.7 Å². The smallest absolute Gasteiger partial charge is 0.326 e. The van der Waals surface area contributed by atoms with Gasteiger partial charge in [-0.2, -0.15) is 0 Å². The monoisotopic (exact) mass is 488 g/mol. The maximum Gasteiger partial charge on any atom is 0.326 e.